The van der Waals surface area contributed by atoms with Crippen molar-refractivity contribution in [3.05, 3.63) is 71.9 Å². The van der Waals surface area contributed by atoms with E-state index in [-0.39, 0.29) is 0 Å². The molecule has 4 rings (SSSR count). The zero-order valence-corrected chi connectivity index (χ0v) is 14.2. The number of nitrogens with one attached hydrogen (secondary N) is 2. The fraction of sp³-hybridized carbons (Fsp3) is 0.238. The van der Waals surface area contributed by atoms with E-state index in [9.17, 15) is 5.11 Å². The minimum Gasteiger partial charge on any atom is -0.508 e. The number of phenolic OH excluding ortho intramolecular Hbond substituents is 1. The Morgan fingerprint density at radius 3 is 2.80 bits per heavy atom. The van der Waals surface area contributed by atoms with Crippen LogP contribution in [0.15, 0.2) is 55.2 Å². The van der Waals surface area contributed by atoms with Gasteiger partial charge < -0.3 is 20.6 Å². The lowest BCUT2D eigenvalue weighted by Crippen LogP contribution is -2.22. The van der Waals surface area contributed by atoms with Crippen molar-refractivity contribution < 1.29 is 5.11 Å². The van der Waals surface area contributed by atoms with Gasteiger partial charge in [-0.05, 0) is 54.4 Å². The van der Waals surface area contributed by atoms with Crippen LogP contribution in [0.5, 0.6) is 5.75 Å². The van der Waals surface area contributed by atoms with E-state index < -0.39 is 0 Å². The molecule has 1 saturated heterocycles. The fourth-order valence-electron chi connectivity index (χ4n) is 3.43. The minimum absolute atomic E-state index is 0.291. The smallest absolute Gasteiger partial charge is 0.115 e. The fourth-order valence-corrected chi connectivity index (χ4v) is 3.43. The lowest BCUT2D eigenvalue weighted by Gasteiger charge is -2.28. The molecule has 2 aromatic carbocycles. The van der Waals surface area contributed by atoms with Crippen molar-refractivity contribution in [1.29, 1.82) is 0 Å². The molecule has 0 saturated carbocycles. The zero-order valence-electron chi connectivity index (χ0n) is 14.2. The summed E-state index contributed by atoms with van der Waals surface area (Å²) >= 11 is 0. The molecule has 2 heterocycles. The van der Waals surface area contributed by atoms with Crippen molar-refractivity contribution >= 4 is 17.5 Å². The number of hydrogen-bond donors (Lipinski definition) is 3. The Hall–Kier alpha value is -2.72. The van der Waals surface area contributed by atoms with Gasteiger partial charge in [0, 0.05) is 42.3 Å². The molecule has 1 fully saturated rings. The minimum atomic E-state index is 0.291. The van der Waals surface area contributed by atoms with Crippen LogP contribution >= 0.6 is 0 Å². The number of rotatable bonds is 4. The molecule has 4 heteroatoms. The molecule has 0 amide bonds. The van der Waals surface area contributed by atoms with Gasteiger partial charge in [0.25, 0.3) is 0 Å². The van der Waals surface area contributed by atoms with E-state index >= 15 is 0 Å². The molecule has 3 N–H and O–H groups in total. The lowest BCUT2D eigenvalue weighted by molar-refractivity contribution is 0.474. The normalized spacial score (nSPS) is 19.1. The van der Waals surface area contributed by atoms with Gasteiger partial charge >= 0.3 is 0 Å². The Kier molecular flexibility index (Phi) is 4.20. The van der Waals surface area contributed by atoms with Crippen molar-refractivity contribution in [1.82, 2.24) is 10.2 Å². The molecule has 0 aliphatic carbocycles. The molecular formula is C21H23N3O. The molecule has 0 unspecified atom stereocenters. The van der Waals surface area contributed by atoms with E-state index in [0.717, 1.165) is 42.1 Å². The van der Waals surface area contributed by atoms with Crippen molar-refractivity contribution in [3.63, 3.8) is 0 Å². The second kappa shape index (κ2) is 6.65. The van der Waals surface area contributed by atoms with Crippen LogP contribution in [0.4, 0.5) is 5.69 Å². The highest BCUT2D eigenvalue weighted by molar-refractivity contribution is 5.78. The van der Waals surface area contributed by atoms with Gasteiger partial charge in [-0.1, -0.05) is 24.8 Å². The summed E-state index contributed by atoms with van der Waals surface area (Å²) in [6.07, 6.45) is 5.39. The van der Waals surface area contributed by atoms with E-state index in [1.807, 2.05) is 12.1 Å². The number of hydrogen-bond acceptors (Lipinski definition) is 4. The third kappa shape index (κ3) is 3.39. The quantitative estimate of drug-likeness (QED) is 0.800. The van der Waals surface area contributed by atoms with Crippen molar-refractivity contribution in [2.75, 3.05) is 18.4 Å². The summed E-state index contributed by atoms with van der Waals surface area (Å²) in [6.45, 7) is 7.13. The first-order valence-electron chi connectivity index (χ1n) is 8.72. The van der Waals surface area contributed by atoms with Gasteiger partial charge in [0.05, 0.1) is 0 Å². The summed E-state index contributed by atoms with van der Waals surface area (Å²) in [7, 11) is 0. The molecule has 2 aromatic rings. The van der Waals surface area contributed by atoms with E-state index in [4.69, 9.17) is 0 Å². The molecule has 4 nitrogen and oxygen atoms in total. The maximum absolute atomic E-state index is 9.42. The number of nitrogens with zero attached hydrogens (tertiary/aromatic N) is 1. The highest BCUT2D eigenvalue weighted by Crippen LogP contribution is 2.31. The third-order valence-electron chi connectivity index (χ3n) is 4.86. The molecule has 1 atom stereocenters. The largest absolute Gasteiger partial charge is 0.508 e. The van der Waals surface area contributed by atoms with Gasteiger partial charge in [-0.2, -0.15) is 0 Å². The van der Waals surface area contributed by atoms with E-state index in [2.05, 4.69) is 52.6 Å². The maximum Gasteiger partial charge on any atom is 0.115 e. The van der Waals surface area contributed by atoms with Crippen LogP contribution in [0.25, 0.3) is 11.8 Å². The number of anilines is 1. The second-order valence-corrected chi connectivity index (χ2v) is 6.69. The number of benzene rings is 2. The Labute approximate surface area is 148 Å². The van der Waals surface area contributed by atoms with Gasteiger partial charge in [-0.25, -0.2) is 0 Å². The van der Waals surface area contributed by atoms with Crippen LogP contribution in [-0.2, 0) is 6.54 Å². The van der Waals surface area contributed by atoms with Crippen LogP contribution in [-0.4, -0.2) is 29.1 Å². The number of phenols is 1. The van der Waals surface area contributed by atoms with Crippen LogP contribution in [0.2, 0.25) is 0 Å². The molecule has 0 bridgehead atoms. The summed E-state index contributed by atoms with van der Waals surface area (Å²) < 4.78 is 0. The summed E-state index contributed by atoms with van der Waals surface area (Å²) in [5, 5.41) is 16.4. The summed E-state index contributed by atoms with van der Waals surface area (Å²) in [4.78, 5) is 2.14. The highest BCUT2D eigenvalue weighted by atomic mass is 16.3. The monoisotopic (exact) mass is 333 g/mol. The van der Waals surface area contributed by atoms with Crippen LogP contribution in [0.3, 0.4) is 0 Å². The Balaban J connectivity index is 1.50. The molecule has 2 aliphatic heterocycles. The SMILES string of the molecule is C=C1c2ccc(N[C@H]3CCNC3)cc2C=CN1Cc1ccc(O)cc1. The van der Waals surface area contributed by atoms with Crippen molar-refractivity contribution in [2.45, 2.75) is 19.0 Å². The van der Waals surface area contributed by atoms with Crippen LogP contribution < -0.4 is 10.6 Å². The first kappa shape index (κ1) is 15.8. The van der Waals surface area contributed by atoms with Gasteiger partial charge in [0.2, 0.25) is 0 Å². The van der Waals surface area contributed by atoms with Crippen molar-refractivity contribution in [3.8, 4) is 5.75 Å². The van der Waals surface area contributed by atoms with Gasteiger partial charge in [-0.3, -0.25) is 0 Å². The Morgan fingerprint density at radius 2 is 2.04 bits per heavy atom. The van der Waals surface area contributed by atoms with Crippen LogP contribution in [0.1, 0.15) is 23.1 Å². The average Bonchev–Trinajstić information content (AvgIpc) is 3.12. The first-order chi connectivity index (χ1) is 12.2. The summed E-state index contributed by atoms with van der Waals surface area (Å²) in [6, 6.07) is 14.3. The summed E-state index contributed by atoms with van der Waals surface area (Å²) in [5.74, 6) is 0.291. The van der Waals surface area contributed by atoms with E-state index in [0.29, 0.717) is 11.8 Å². The molecule has 0 spiro atoms. The lowest BCUT2D eigenvalue weighted by atomic mass is 9.99. The maximum atomic E-state index is 9.42. The van der Waals surface area contributed by atoms with E-state index in [1.54, 1.807) is 12.1 Å². The molecule has 128 valence electrons. The van der Waals surface area contributed by atoms with Crippen molar-refractivity contribution in [2.24, 2.45) is 0 Å². The second-order valence-electron chi connectivity index (χ2n) is 6.69. The van der Waals surface area contributed by atoms with E-state index in [1.165, 1.54) is 12.0 Å². The number of fused-ring (bicyclic) bond motifs is 1. The Bertz CT molecular complexity index is 804. The molecular weight excluding hydrogens is 310 g/mol. The molecule has 2 aliphatic rings. The standard InChI is InChI=1S/C21H23N3O/c1-15-21-7-4-18(23-19-8-10-22-13-19)12-17(21)9-11-24(15)14-16-2-5-20(25)6-3-16/h2-7,9,11-12,19,22-23,25H,1,8,10,13-14H2/t19-/m0/s1. The highest BCUT2D eigenvalue weighted by Gasteiger charge is 2.18. The summed E-state index contributed by atoms with van der Waals surface area (Å²) in [5.41, 5.74) is 5.66. The van der Waals surface area contributed by atoms with Gasteiger partial charge in [0.1, 0.15) is 5.75 Å². The Morgan fingerprint density at radius 1 is 1.20 bits per heavy atom. The number of aromatic hydroxyl groups is 1. The first-order valence-corrected chi connectivity index (χ1v) is 8.72. The van der Waals surface area contributed by atoms with Gasteiger partial charge in [0.15, 0.2) is 0 Å². The predicted molar refractivity (Wildman–Crippen MR) is 103 cm³/mol. The average molecular weight is 333 g/mol. The predicted octanol–water partition coefficient (Wildman–Crippen LogP) is 3.62. The van der Waals surface area contributed by atoms with Gasteiger partial charge in [-0.15, -0.1) is 0 Å². The van der Waals surface area contributed by atoms with Crippen LogP contribution in [0, 0.1) is 0 Å². The molecule has 0 radical (unpaired) electrons. The zero-order chi connectivity index (χ0) is 17.2. The molecule has 0 aromatic heterocycles. The third-order valence-corrected chi connectivity index (χ3v) is 4.86. The molecule has 25 heavy (non-hydrogen) atoms. The topological polar surface area (TPSA) is 47.5 Å².